The summed E-state index contributed by atoms with van der Waals surface area (Å²) in [6, 6.07) is 4.65. The Kier molecular flexibility index (Phi) is 5.70. The monoisotopic (exact) mass is 438 g/mol. The average molecular weight is 439 g/mol. The fraction of sp³-hybridized carbons (Fsp3) is 0.500. The van der Waals surface area contributed by atoms with E-state index >= 15 is 0 Å². The van der Waals surface area contributed by atoms with Crippen LogP contribution in [0.2, 0.25) is 0 Å². The lowest BCUT2D eigenvalue weighted by Crippen LogP contribution is -2.41. The molecule has 1 amide bonds. The fourth-order valence-electron chi connectivity index (χ4n) is 3.35. The minimum absolute atomic E-state index is 0.139. The molecule has 156 valence electrons. The fourth-order valence-corrected chi connectivity index (χ4v) is 5.51. The third-order valence-corrected chi connectivity index (χ3v) is 7.85. The van der Waals surface area contributed by atoms with Crippen molar-refractivity contribution in [2.24, 2.45) is 5.92 Å². The maximum Gasteiger partial charge on any atom is 0.243 e. The second kappa shape index (κ2) is 8.25. The van der Waals surface area contributed by atoms with Crippen LogP contribution in [0, 0.1) is 5.92 Å². The zero-order valence-corrected chi connectivity index (χ0v) is 17.6. The molecule has 0 radical (unpaired) electrons. The summed E-state index contributed by atoms with van der Waals surface area (Å²) in [4.78, 5) is 12.7. The van der Waals surface area contributed by atoms with Gasteiger partial charge in [0, 0.05) is 25.1 Å². The number of sulfonamides is 1. The first-order valence-corrected chi connectivity index (χ1v) is 11.8. The summed E-state index contributed by atoms with van der Waals surface area (Å²) in [5, 5.41) is 12.1. The first kappa shape index (κ1) is 20.0. The van der Waals surface area contributed by atoms with Gasteiger partial charge in [0.15, 0.2) is 11.5 Å². The number of carbonyl (C=O) groups is 1. The van der Waals surface area contributed by atoms with Gasteiger partial charge in [-0.2, -0.15) is 4.31 Å². The number of aryl methyl sites for hydroxylation is 1. The lowest BCUT2D eigenvalue weighted by molar-refractivity contribution is -0.120. The molecule has 0 spiro atoms. The number of nitrogens with one attached hydrogen (secondary N) is 1. The van der Waals surface area contributed by atoms with Crippen LogP contribution in [0.3, 0.4) is 0 Å². The quantitative estimate of drug-likeness (QED) is 0.759. The Balaban J connectivity index is 1.39. The van der Waals surface area contributed by atoms with Crippen LogP contribution in [0.5, 0.6) is 11.5 Å². The van der Waals surface area contributed by atoms with Crippen molar-refractivity contribution in [3.05, 3.63) is 23.2 Å². The Bertz CT molecular complexity index is 999. The van der Waals surface area contributed by atoms with Gasteiger partial charge in [0.05, 0.1) is 4.90 Å². The lowest BCUT2D eigenvalue weighted by Gasteiger charge is -2.30. The Morgan fingerprint density at radius 3 is 2.62 bits per heavy atom. The first-order valence-electron chi connectivity index (χ1n) is 9.50. The summed E-state index contributed by atoms with van der Waals surface area (Å²) in [6.07, 6.45) is 1.67. The molecule has 2 aliphatic heterocycles. The molecule has 1 aromatic carbocycles. The second-order valence-corrected chi connectivity index (χ2v) is 9.83. The Morgan fingerprint density at radius 2 is 1.93 bits per heavy atom. The zero-order chi connectivity index (χ0) is 20.4. The highest BCUT2D eigenvalue weighted by atomic mass is 32.2. The van der Waals surface area contributed by atoms with Crippen molar-refractivity contribution in [3.8, 4) is 11.5 Å². The van der Waals surface area contributed by atoms with Gasteiger partial charge in [0.2, 0.25) is 21.1 Å². The Hall–Kier alpha value is -2.24. The van der Waals surface area contributed by atoms with Gasteiger partial charge in [-0.05, 0) is 31.4 Å². The number of amides is 1. The van der Waals surface area contributed by atoms with E-state index in [4.69, 9.17) is 9.47 Å². The summed E-state index contributed by atoms with van der Waals surface area (Å²) in [6.45, 7) is 3.39. The van der Waals surface area contributed by atoms with Crippen molar-refractivity contribution in [3.63, 3.8) is 0 Å². The summed E-state index contributed by atoms with van der Waals surface area (Å²) in [5.74, 6) is 0.597. The standard InChI is InChI=1S/C18H22N4O5S2/c1-2-16-20-21-18(28-16)19-17(23)12-5-7-22(8-6-12)29(24,25)13-3-4-14-15(11-13)27-10-9-26-14/h3-4,11-12H,2,5-10H2,1H3,(H,19,21,23). The largest absolute Gasteiger partial charge is 0.486 e. The van der Waals surface area contributed by atoms with E-state index in [0.717, 1.165) is 11.4 Å². The van der Waals surface area contributed by atoms with E-state index < -0.39 is 10.0 Å². The van der Waals surface area contributed by atoms with E-state index in [-0.39, 0.29) is 29.8 Å². The van der Waals surface area contributed by atoms with Gasteiger partial charge >= 0.3 is 0 Å². The van der Waals surface area contributed by atoms with Crippen LogP contribution in [-0.4, -0.2) is 55.1 Å². The minimum atomic E-state index is -3.66. The van der Waals surface area contributed by atoms with Crippen LogP contribution in [0.25, 0.3) is 0 Å². The van der Waals surface area contributed by atoms with Crippen LogP contribution < -0.4 is 14.8 Å². The number of aromatic nitrogens is 2. The van der Waals surface area contributed by atoms with E-state index in [1.807, 2.05) is 6.92 Å². The molecule has 0 atom stereocenters. The second-order valence-electron chi connectivity index (χ2n) is 6.83. The van der Waals surface area contributed by atoms with Crippen molar-refractivity contribution >= 4 is 32.4 Å². The number of carbonyl (C=O) groups excluding carboxylic acids is 1. The zero-order valence-electron chi connectivity index (χ0n) is 16.0. The van der Waals surface area contributed by atoms with Crippen molar-refractivity contribution in [1.29, 1.82) is 0 Å². The molecule has 2 aromatic rings. The Morgan fingerprint density at radius 1 is 1.21 bits per heavy atom. The number of fused-ring (bicyclic) bond motifs is 1. The number of rotatable bonds is 5. The van der Waals surface area contributed by atoms with E-state index in [9.17, 15) is 13.2 Å². The summed E-state index contributed by atoms with van der Waals surface area (Å²) < 4.78 is 38.3. The van der Waals surface area contributed by atoms with Gasteiger partial charge in [-0.25, -0.2) is 8.42 Å². The highest BCUT2D eigenvalue weighted by Crippen LogP contribution is 2.34. The maximum atomic E-state index is 13.0. The molecule has 9 nitrogen and oxygen atoms in total. The highest BCUT2D eigenvalue weighted by Gasteiger charge is 2.33. The van der Waals surface area contributed by atoms with Crippen molar-refractivity contribution < 1.29 is 22.7 Å². The van der Waals surface area contributed by atoms with Crippen LogP contribution in [0.15, 0.2) is 23.1 Å². The molecule has 1 saturated heterocycles. The molecule has 0 bridgehead atoms. The number of ether oxygens (including phenoxy) is 2. The van der Waals surface area contributed by atoms with Crippen LogP contribution in [0.4, 0.5) is 5.13 Å². The number of piperidine rings is 1. The van der Waals surface area contributed by atoms with Gasteiger partial charge in [-0.15, -0.1) is 10.2 Å². The first-order chi connectivity index (χ1) is 14.0. The molecule has 4 rings (SSSR count). The normalized spacial score (nSPS) is 17.8. The molecular weight excluding hydrogens is 416 g/mol. The predicted octanol–water partition coefficient (Wildman–Crippen LogP) is 1.91. The molecule has 0 saturated carbocycles. The predicted molar refractivity (Wildman–Crippen MR) is 107 cm³/mol. The van der Waals surface area contributed by atoms with Crippen LogP contribution >= 0.6 is 11.3 Å². The van der Waals surface area contributed by atoms with Crippen LogP contribution in [0.1, 0.15) is 24.8 Å². The molecule has 29 heavy (non-hydrogen) atoms. The smallest absolute Gasteiger partial charge is 0.243 e. The minimum Gasteiger partial charge on any atom is -0.486 e. The third kappa shape index (κ3) is 4.21. The van der Waals surface area contributed by atoms with Gasteiger partial charge in [0.1, 0.15) is 18.2 Å². The SMILES string of the molecule is CCc1nnc(NC(=O)C2CCN(S(=O)(=O)c3ccc4c(c3)OCCO4)CC2)s1. The topological polar surface area (TPSA) is 111 Å². The van der Waals surface area contributed by atoms with Gasteiger partial charge in [-0.3, -0.25) is 4.79 Å². The molecule has 1 N–H and O–H groups in total. The molecular formula is C18H22N4O5S2. The summed E-state index contributed by atoms with van der Waals surface area (Å²) >= 11 is 1.36. The maximum absolute atomic E-state index is 13.0. The molecule has 1 aromatic heterocycles. The molecule has 2 aliphatic rings. The van der Waals surface area contributed by atoms with E-state index in [1.54, 1.807) is 6.07 Å². The number of hydrogen-bond donors (Lipinski definition) is 1. The Labute approximate surface area is 173 Å². The van der Waals surface area contributed by atoms with E-state index in [2.05, 4.69) is 15.5 Å². The molecule has 3 heterocycles. The number of benzene rings is 1. The molecule has 0 unspecified atom stereocenters. The van der Waals surface area contributed by atoms with Gasteiger partial charge < -0.3 is 14.8 Å². The third-order valence-electron chi connectivity index (χ3n) is 4.98. The van der Waals surface area contributed by atoms with Gasteiger partial charge in [-0.1, -0.05) is 18.3 Å². The molecule has 0 aliphatic carbocycles. The summed E-state index contributed by atoms with van der Waals surface area (Å²) in [7, 11) is -3.66. The van der Waals surface area contributed by atoms with E-state index in [0.29, 0.717) is 42.7 Å². The summed E-state index contributed by atoms with van der Waals surface area (Å²) in [5.41, 5.74) is 0. The molecule has 1 fully saturated rings. The van der Waals surface area contributed by atoms with E-state index in [1.165, 1.54) is 27.8 Å². The average Bonchev–Trinajstić information content (AvgIpc) is 3.21. The number of hydrogen-bond acceptors (Lipinski definition) is 8. The molecule has 11 heteroatoms. The van der Waals surface area contributed by atoms with Gasteiger partial charge in [0.25, 0.3) is 0 Å². The van der Waals surface area contributed by atoms with Crippen molar-refractivity contribution in [1.82, 2.24) is 14.5 Å². The number of anilines is 1. The lowest BCUT2D eigenvalue weighted by atomic mass is 9.97. The van der Waals surface area contributed by atoms with Crippen molar-refractivity contribution in [2.45, 2.75) is 31.1 Å². The number of nitrogens with zero attached hydrogens (tertiary/aromatic N) is 3. The van der Waals surface area contributed by atoms with Crippen molar-refractivity contribution in [2.75, 3.05) is 31.6 Å². The van der Waals surface area contributed by atoms with Crippen LogP contribution in [-0.2, 0) is 21.2 Å². The highest BCUT2D eigenvalue weighted by molar-refractivity contribution is 7.89.